The number of para-hydroxylation sites is 2. The molecule has 0 radical (unpaired) electrons. The fourth-order valence-electron chi connectivity index (χ4n) is 2.97. The van der Waals surface area contributed by atoms with Gasteiger partial charge in [0.1, 0.15) is 0 Å². The maximum Gasteiger partial charge on any atom is 0.253 e. The van der Waals surface area contributed by atoms with E-state index in [1.165, 1.54) is 0 Å². The van der Waals surface area contributed by atoms with Crippen molar-refractivity contribution in [3.8, 4) is 5.69 Å². The van der Waals surface area contributed by atoms with Crippen molar-refractivity contribution in [2.24, 2.45) is 0 Å². The largest absolute Gasteiger partial charge is 0.376 e. The van der Waals surface area contributed by atoms with E-state index < -0.39 is 0 Å². The van der Waals surface area contributed by atoms with Crippen molar-refractivity contribution < 1.29 is 9.59 Å². The summed E-state index contributed by atoms with van der Waals surface area (Å²) in [5.41, 5.74) is 4.30. The minimum absolute atomic E-state index is 0.0312. The number of nitrogens with one attached hydrogen (secondary N) is 3. The molecule has 0 fully saturated rings. The van der Waals surface area contributed by atoms with Gasteiger partial charge in [0.25, 0.3) is 5.91 Å². The van der Waals surface area contributed by atoms with Gasteiger partial charge < -0.3 is 16.0 Å². The van der Waals surface area contributed by atoms with Crippen molar-refractivity contribution in [2.45, 2.75) is 13.8 Å². The molecule has 0 saturated heterocycles. The van der Waals surface area contributed by atoms with E-state index in [1.54, 1.807) is 29.9 Å². The molecule has 3 N–H and O–H groups in total. The molecule has 0 bridgehead atoms. The molecule has 7 heteroatoms. The van der Waals surface area contributed by atoms with Crippen molar-refractivity contribution in [2.75, 3.05) is 24.2 Å². The van der Waals surface area contributed by atoms with Crippen LogP contribution in [0.1, 0.15) is 21.7 Å². The maximum absolute atomic E-state index is 12.5. The van der Waals surface area contributed by atoms with Crippen LogP contribution in [0.3, 0.4) is 0 Å². The molecule has 0 spiro atoms. The Labute approximate surface area is 163 Å². The van der Waals surface area contributed by atoms with E-state index in [4.69, 9.17) is 0 Å². The van der Waals surface area contributed by atoms with E-state index in [9.17, 15) is 9.59 Å². The number of carbonyl (C=O) groups is 2. The summed E-state index contributed by atoms with van der Waals surface area (Å²) in [5, 5.41) is 13.1. The van der Waals surface area contributed by atoms with E-state index in [-0.39, 0.29) is 18.4 Å². The number of aromatic nitrogens is 2. The number of rotatable bonds is 6. The Hall–Kier alpha value is -3.61. The molecular weight excluding hydrogens is 354 g/mol. The van der Waals surface area contributed by atoms with Gasteiger partial charge in [-0.05, 0) is 38.1 Å². The van der Waals surface area contributed by atoms with Gasteiger partial charge in [-0.3, -0.25) is 9.59 Å². The van der Waals surface area contributed by atoms with Crippen LogP contribution in [-0.4, -0.2) is 35.2 Å². The lowest BCUT2D eigenvalue weighted by atomic mass is 10.1. The van der Waals surface area contributed by atoms with E-state index >= 15 is 0 Å². The Bertz CT molecular complexity index is 995. The monoisotopic (exact) mass is 377 g/mol. The van der Waals surface area contributed by atoms with Crippen LogP contribution >= 0.6 is 0 Å². The van der Waals surface area contributed by atoms with Gasteiger partial charge in [0.2, 0.25) is 5.91 Å². The second-order valence-electron chi connectivity index (χ2n) is 6.32. The topological polar surface area (TPSA) is 88.1 Å². The number of hydrogen-bond acceptors (Lipinski definition) is 4. The Morgan fingerprint density at radius 1 is 1.00 bits per heavy atom. The summed E-state index contributed by atoms with van der Waals surface area (Å²) in [6.07, 6.45) is 0. The lowest BCUT2D eigenvalue weighted by molar-refractivity contribution is -0.114. The van der Waals surface area contributed by atoms with Crippen LogP contribution in [-0.2, 0) is 4.79 Å². The standard InChI is InChI=1S/C21H23N5O2/c1-14-20(15(2)26(25-14)16-9-5-4-6-10-16)24-19(27)13-23-18-12-8-7-11-17(18)21(28)22-3/h4-12,23H,13H2,1-3H3,(H,22,28)(H,24,27). The van der Waals surface area contributed by atoms with E-state index in [0.717, 1.165) is 17.1 Å². The van der Waals surface area contributed by atoms with Gasteiger partial charge in [-0.1, -0.05) is 30.3 Å². The van der Waals surface area contributed by atoms with Gasteiger partial charge in [0.15, 0.2) is 0 Å². The third-order valence-electron chi connectivity index (χ3n) is 4.39. The van der Waals surface area contributed by atoms with Gasteiger partial charge in [-0.15, -0.1) is 0 Å². The summed E-state index contributed by atoms with van der Waals surface area (Å²) < 4.78 is 1.80. The highest BCUT2D eigenvalue weighted by molar-refractivity contribution is 6.01. The second kappa shape index (κ2) is 8.39. The molecule has 3 aromatic rings. The highest BCUT2D eigenvalue weighted by Crippen LogP contribution is 2.22. The van der Waals surface area contributed by atoms with Gasteiger partial charge in [-0.2, -0.15) is 5.10 Å². The average molecular weight is 377 g/mol. The normalized spacial score (nSPS) is 10.4. The fourth-order valence-corrected chi connectivity index (χ4v) is 2.97. The zero-order valence-corrected chi connectivity index (χ0v) is 16.1. The first-order chi connectivity index (χ1) is 13.5. The van der Waals surface area contributed by atoms with Crippen molar-refractivity contribution in [1.82, 2.24) is 15.1 Å². The molecule has 2 aromatic carbocycles. The zero-order chi connectivity index (χ0) is 20.1. The molecular formula is C21H23N5O2. The molecule has 3 rings (SSSR count). The Kier molecular flexibility index (Phi) is 5.74. The number of aryl methyl sites for hydroxylation is 1. The van der Waals surface area contributed by atoms with Gasteiger partial charge in [-0.25, -0.2) is 4.68 Å². The summed E-state index contributed by atoms with van der Waals surface area (Å²) in [6.45, 7) is 3.80. The predicted molar refractivity (Wildman–Crippen MR) is 110 cm³/mol. The summed E-state index contributed by atoms with van der Waals surface area (Å²) >= 11 is 0. The molecule has 7 nitrogen and oxygen atoms in total. The molecule has 144 valence electrons. The van der Waals surface area contributed by atoms with Crippen LogP contribution in [0, 0.1) is 13.8 Å². The lowest BCUT2D eigenvalue weighted by Gasteiger charge is -2.11. The van der Waals surface area contributed by atoms with Crippen molar-refractivity contribution in [3.63, 3.8) is 0 Å². The van der Waals surface area contributed by atoms with Crippen LogP contribution in [0.25, 0.3) is 5.69 Å². The Morgan fingerprint density at radius 3 is 2.39 bits per heavy atom. The molecule has 0 saturated carbocycles. The van der Waals surface area contributed by atoms with E-state index in [0.29, 0.717) is 16.9 Å². The number of carbonyl (C=O) groups excluding carboxylic acids is 2. The Morgan fingerprint density at radius 2 is 1.68 bits per heavy atom. The smallest absolute Gasteiger partial charge is 0.253 e. The molecule has 0 unspecified atom stereocenters. The van der Waals surface area contributed by atoms with Gasteiger partial charge in [0.05, 0.1) is 34.9 Å². The molecule has 0 atom stereocenters. The van der Waals surface area contributed by atoms with Crippen LogP contribution in [0.2, 0.25) is 0 Å². The minimum Gasteiger partial charge on any atom is -0.376 e. The summed E-state index contributed by atoms with van der Waals surface area (Å²) in [6, 6.07) is 16.8. The predicted octanol–water partition coefficient (Wildman–Crippen LogP) is 2.90. The summed E-state index contributed by atoms with van der Waals surface area (Å²) in [7, 11) is 1.57. The second-order valence-corrected chi connectivity index (χ2v) is 6.32. The summed E-state index contributed by atoms with van der Waals surface area (Å²) in [4.78, 5) is 24.4. The SMILES string of the molecule is CNC(=O)c1ccccc1NCC(=O)Nc1c(C)nn(-c2ccccc2)c1C. The molecule has 2 amide bonds. The molecule has 0 aliphatic rings. The molecule has 0 aliphatic carbocycles. The van der Waals surface area contributed by atoms with E-state index in [2.05, 4.69) is 21.0 Å². The minimum atomic E-state index is -0.217. The van der Waals surface area contributed by atoms with E-state index in [1.807, 2.05) is 50.2 Å². The van der Waals surface area contributed by atoms with Crippen molar-refractivity contribution in [3.05, 3.63) is 71.5 Å². The van der Waals surface area contributed by atoms with Crippen molar-refractivity contribution >= 4 is 23.2 Å². The number of amides is 2. The third-order valence-corrected chi connectivity index (χ3v) is 4.39. The average Bonchev–Trinajstić information content (AvgIpc) is 3.00. The zero-order valence-electron chi connectivity index (χ0n) is 16.1. The number of hydrogen-bond donors (Lipinski definition) is 3. The molecule has 1 heterocycles. The van der Waals surface area contributed by atoms with Crippen molar-refractivity contribution in [1.29, 1.82) is 0 Å². The molecule has 1 aromatic heterocycles. The van der Waals surface area contributed by atoms with Crippen LogP contribution in [0.4, 0.5) is 11.4 Å². The Balaban J connectivity index is 1.71. The number of nitrogens with zero attached hydrogens (tertiary/aromatic N) is 2. The third kappa shape index (κ3) is 4.03. The quantitative estimate of drug-likeness (QED) is 0.616. The van der Waals surface area contributed by atoms with Crippen LogP contribution in [0.15, 0.2) is 54.6 Å². The highest BCUT2D eigenvalue weighted by Gasteiger charge is 2.16. The summed E-state index contributed by atoms with van der Waals surface area (Å²) in [5.74, 6) is -0.426. The van der Waals surface area contributed by atoms with Crippen LogP contribution < -0.4 is 16.0 Å². The lowest BCUT2D eigenvalue weighted by Crippen LogP contribution is -2.25. The fraction of sp³-hybridized carbons (Fsp3) is 0.190. The maximum atomic E-state index is 12.5. The number of anilines is 2. The van der Waals surface area contributed by atoms with Gasteiger partial charge >= 0.3 is 0 Å². The first-order valence-corrected chi connectivity index (χ1v) is 8.97. The molecule has 0 aliphatic heterocycles. The van der Waals surface area contributed by atoms with Crippen LogP contribution in [0.5, 0.6) is 0 Å². The first kappa shape index (κ1) is 19.2. The first-order valence-electron chi connectivity index (χ1n) is 8.97. The number of benzene rings is 2. The molecule has 28 heavy (non-hydrogen) atoms. The van der Waals surface area contributed by atoms with Gasteiger partial charge in [0, 0.05) is 12.7 Å². The highest BCUT2D eigenvalue weighted by atomic mass is 16.2.